The van der Waals surface area contributed by atoms with Crippen LogP contribution in [0.2, 0.25) is 0 Å². The van der Waals surface area contributed by atoms with E-state index in [0.717, 1.165) is 5.56 Å². The van der Waals surface area contributed by atoms with Crippen LogP contribution in [0, 0.1) is 0 Å². The molecule has 0 bridgehead atoms. The van der Waals surface area contributed by atoms with Crippen molar-refractivity contribution in [1.29, 1.82) is 0 Å². The third-order valence-corrected chi connectivity index (χ3v) is 3.13. The molecule has 1 aromatic carbocycles. The summed E-state index contributed by atoms with van der Waals surface area (Å²) in [6.45, 7) is 0.300. The van der Waals surface area contributed by atoms with E-state index in [1.165, 1.54) is 10.0 Å². The van der Waals surface area contributed by atoms with Gasteiger partial charge < -0.3 is 9.47 Å². The lowest BCUT2D eigenvalue weighted by Crippen LogP contribution is -2.37. The van der Waals surface area contributed by atoms with Crippen LogP contribution in [0.3, 0.4) is 0 Å². The van der Waals surface area contributed by atoms with Gasteiger partial charge in [0.05, 0.1) is 20.8 Å². The lowest BCUT2D eigenvalue weighted by atomic mass is 10.2. The summed E-state index contributed by atoms with van der Waals surface area (Å²) in [6, 6.07) is 5.36. The molecule has 0 unspecified atom stereocenters. The second-order valence-electron chi connectivity index (χ2n) is 4.22. The summed E-state index contributed by atoms with van der Waals surface area (Å²) in [7, 11) is 4.72. The van der Waals surface area contributed by atoms with E-state index < -0.39 is 0 Å². The van der Waals surface area contributed by atoms with Crippen molar-refractivity contribution < 1.29 is 19.1 Å². The molecule has 0 aromatic heterocycles. The van der Waals surface area contributed by atoms with Crippen molar-refractivity contribution in [1.82, 2.24) is 10.0 Å². The van der Waals surface area contributed by atoms with Crippen molar-refractivity contribution >= 4 is 11.8 Å². The lowest BCUT2D eigenvalue weighted by molar-refractivity contribution is -0.145. The normalized spacial score (nSPS) is 15.1. The Bertz CT molecular complexity index is 515. The van der Waals surface area contributed by atoms with Crippen molar-refractivity contribution in [3.8, 4) is 11.5 Å². The fourth-order valence-corrected chi connectivity index (χ4v) is 1.98. The zero-order chi connectivity index (χ0) is 14.0. The van der Waals surface area contributed by atoms with Crippen LogP contribution >= 0.6 is 0 Å². The number of rotatable bonds is 4. The van der Waals surface area contributed by atoms with E-state index in [0.29, 0.717) is 18.0 Å². The molecule has 2 rings (SSSR count). The predicted molar refractivity (Wildman–Crippen MR) is 67.5 cm³/mol. The minimum Gasteiger partial charge on any atom is -0.497 e. The summed E-state index contributed by atoms with van der Waals surface area (Å²) in [5.74, 6) is 0.903. The van der Waals surface area contributed by atoms with E-state index >= 15 is 0 Å². The van der Waals surface area contributed by atoms with Crippen LogP contribution < -0.4 is 9.47 Å². The van der Waals surface area contributed by atoms with Gasteiger partial charge in [0.25, 0.3) is 5.91 Å². The maximum absolute atomic E-state index is 11.7. The lowest BCUT2D eigenvalue weighted by Gasteiger charge is -2.24. The maximum Gasteiger partial charge on any atom is 0.250 e. The van der Waals surface area contributed by atoms with Gasteiger partial charge in [-0.25, -0.2) is 5.01 Å². The van der Waals surface area contributed by atoms with Crippen LogP contribution in [0.1, 0.15) is 12.0 Å². The van der Waals surface area contributed by atoms with Gasteiger partial charge >= 0.3 is 0 Å². The van der Waals surface area contributed by atoms with Gasteiger partial charge in [-0.05, 0) is 12.1 Å². The quantitative estimate of drug-likeness (QED) is 0.755. The highest BCUT2D eigenvalue weighted by molar-refractivity contribution is 6.01. The average molecular weight is 264 g/mol. The first kappa shape index (κ1) is 13.2. The Labute approximate surface area is 111 Å². The molecule has 1 aliphatic rings. The highest BCUT2D eigenvalue weighted by atomic mass is 16.5. The highest BCUT2D eigenvalue weighted by Gasteiger charge is 2.33. The van der Waals surface area contributed by atoms with Gasteiger partial charge in [0.2, 0.25) is 5.91 Å². The van der Waals surface area contributed by atoms with Gasteiger partial charge in [-0.3, -0.25) is 14.6 Å². The highest BCUT2D eigenvalue weighted by Crippen LogP contribution is 2.27. The summed E-state index contributed by atoms with van der Waals surface area (Å²) in [6.07, 6.45) is -0.0744. The molecule has 1 fully saturated rings. The predicted octanol–water partition coefficient (Wildman–Crippen LogP) is 0.809. The number of amides is 2. The first-order valence-electron chi connectivity index (χ1n) is 5.84. The van der Waals surface area contributed by atoms with Crippen LogP contribution in [-0.4, -0.2) is 43.1 Å². The van der Waals surface area contributed by atoms with Gasteiger partial charge in [-0.15, -0.1) is 0 Å². The number of nitrogens with zero attached hydrogens (tertiary/aromatic N) is 2. The van der Waals surface area contributed by atoms with Crippen LogP contribution in [-0.2, 0) is 16.1 Å². The van der Waals surface area contributed by atoms with E-state index in [2.05, 4.69) is 0 Å². The second-order valence-corrected chi connectivity index (χ2v) is 4.22. The molecule has 2 amide bonds. The molecular formula is C13H16N2O4. The zero-order valence-electron chi connectivity index (χ0n) is 11.2. The van der Waals surface area contributed by atoms with Crippen molar-refractivity contribution in [3.05, 3.63) is 23.8 Å². The van der Waals surface area contributed by atoms with E-state index in [-0.39, 0.29) is 18.2 Å². The summed E-state index contributed by atoms with van der Waals surface area (Å²) < 4.78 is 10.4. The number of ether oxygens (including phenoxy) is 2. The van der Waals surface area contributed by atoms with E-state index in [9.17, 15) is 9.59 Å². The second kappa shape index (κ2) is 5.17. The van der Waals surface area contributed by atoms with Crippen molar-refractivity contribution in [2.75, 3.05) is 21.3 Å². The number of hydrogen-bond donors (Lipinski definition) is 0. The van der Waals surface area contributed by atoms with Crippen molar-refractivity contribution in [2.24, 2.45) is 0 Å². The van der Waals surface area contributed by atoms with Crippen LogP contribution in [0.25, 0.3) is 0 Å². The Balaban J connectivity index is 2.23. The fourth-order valence-electron chi connectivity index (χ4n) is 1.98. The number of carbonyl (C=O) groups excluding carboxylic acids is 2. The van der Waals surface area contributed by atoms with E-state index in [4.69, 9.17) is 9.47 Å². The summed E-state index contributed by atoms with van der Waals surface area (Å²) in [5, 5.41) is 2.75. The SMILES string of the molecule is COc1ccc(CN2C(=O)CC(=O)N2C)c(OC)c1. The van der Waals surface area contributed by atoms with Crippen molar-refractivity contribution in [2.45, 2.75) is 13.0 Å². The Morgan fingerprint density at radius 3 is 2.42 bits per heavy atom. The molecular weight excluding hydrogens is 248 g/mol. The van der Waals surface area contributed by atoms with Crippen LogP contribution in [0.5, 0.6) is 11.5 Å². The summed E-state index contributed by atoms with van der Waals surface area (Å²) in [4.78, 5) is 23.2. The van der Waals surface area contributed by atoms with Gasteiger partial charge in [0, 0.05) is 18.7 Å². The van der Waals surface area contributed by atoms with Gasteiger partial charge in [-0.1, -0.05) is 0 Å². The zero-order valence-corrected chi connectivity index (χ0v) is 11.2. The molecule has 0 N–H and O–H groups in total. The molecule has 0 spiro atoms. The standard InChI is InChI=1S/C13H16N2O4/c1-14-12(16)7-13(17)15(14)8-9-4-5-10(18-2)6-11(9)19-3/h4-6H,7-8H2,1-3H3. The topological polar surface area (TPSA) is 59.1 Å². The Hall–Kier alpha value is -2.24. The number of hydrazine groups is 1. The van der Waals surface area contributed by atoms with Crippen molar-refractivity contribution in [3.63, 3.8) is 0 Å². The molecule has 0 atom stereocenters. The molecule has 1 aromatic rings. The van der Waals surface area contributed by atoms with E-state index in [1.54, 1.807) is 33.4 Å². The van der Waals surface area contributed by atoms with E-state index in [1.807, 2.05) is 6.07 Å². The molecule has 1 heterocycles. The minimum atomic E-state index is -0.203. The first-order valence-corrected chi connectivity index (χ1v) is 5.84. The van der Waals surface area contributed by atoms with Gasteiger partial charge in [0.15, 0.2) is 0 Å². The molecule has 6 heteroatoms. The molecule has 6 nitrogen and oxygen atoms in total. The smallest absolute Gasteiger partial charge is 0.250 e. The maximum atomic E-state index is 11.7. The average Bonchev–Trinajstić information content (AvgIpc) is 2.65. The third-order valence-electron chi connectivity index (χ3n) is 3.13. The molecule has 102 valence electrons. The molecule has 0 aliphatic carbocycles. The van der Waals surface area contributed by atoms with Gasteiger partial charge in [0.1, 0.15) is 17.9 Å². The molecule has 1 aliphatic heterocycles. The first-order chi connectivity index (χ1) is 9.06. The third kappa shape index (κ3) is 2.47. The molecule has 0 radical (unpaired) electrons. The Morgan fingerprint density at radius 2 is 1.89 bits per heavy atom. The monoisotopic (exact) mass is 264 g/mol. The van der Waals surface area contributed by atoms with Crippen LogP contribution in [0.4, 0.5) is 0 Å². The summed E-state index contributed by atoms with van der Waals surface area (Å²) >= 11 is 0. The fraction of sp³-hybridized carbons (Fsp3) is 0.385. The Kier molecular flexibility index (Phi) is 3.59. The molecule has 1 saturated heterocycles. The number of hydrogen-bond acceptors (Lipinski definition) is 4. The Morgan fingerprint density at radius 1 is 1.16 bits per heavy atom. The molecule has 0 saturated carbocycles. The minimum absolute atomic E-state index is 0.0744. The van der Waals surface area contributed by atoms with Gasteiger partial charge in [-0.2, -0.15) is 0 Å². The largest absolute Gasteiger partial charge is 0.497 e. The number of carbonyl (C=O) groups is 2. The summed E-state index contributed by atoms with van der Waals surface area (Å²) in [5.41, 5.74) is 0.818. The number of methoxy groups -OCH3 is 2. The molecule has 19 heavy (non-hydrogen) atoms. The van der Waals surface area contributed by atoms with Crippen LogP contribution in [0.15, 0.2) is 18.2 Å². The number of benzene rings is 1.